The Labute approximate surface area is 114 Å². The van der Waals surface area contributed by atoms with Gasteiger partial charge in [0.15, 0.2) is 0 Å². The van der Waals surface area contributed by atoms with Crippen LogP contribution in [0.1, 0.15) is 22.3 Å². The molecule has 2 aromatic carbocycles. The Balaban J connectivity index is 2.56. The summed E-state index contributed by atoms with van der Waals surface area (Å²) in [4.78, 5) is 11.4. The summed E-state index contributed by atoms with van der Waals surface area (Å²) in [6.07, 6.45) is -2.74. The van der Waals surface area contributed by atoms with Gasteiger partial charge in [0.25, 0.3) is 6.43 Å². The summed E-state index contributed by atoms with van der Waals surface area (Å²) in [5.74, 6) is -0.686. The van der Waals surface area contributed by atoms with Crippen molar-refractivity contribution in [3.8, 4) is 16.9 Å². The molecule has 0 aliphatic rings. The Hall–Kier alpha value is -2.43. The summed E-state index contributed by atoms with van der Waals surface area (Å²) in [6.45, 7) is 0. The number of hydrogen-bond acceptors (Lipinski definition) is 3. The van der Waals surface area contributed by atoms with Crippen molar-refractivity contribution in [1.29, 1.82) is 0 Å². The average Bonchev–Trinajstić information content (AvgIpc) is 2.45. The topological polar surface area (TPSA) is 46.5 Å². The molecule has 0 bridgehead atoms. The van der Waals surface area contributed by atoms with Gasteiger partial charge in [-0.15, -0.1) is 0 Å². The van der Waals surface area contributed by atoms with Gasteiger partial charge in [-0.25, -0.2) is 13.6 Å². The third-order valence-corrected chi connectivity index (χ3v) is 2.86. The van der Waals surface area contributed by atoms with Gasteiger partial charge in [-0.3, -0.25) is 0 Å². The lowest BCUT2D eigenvalue weighted by Crippen LogP contribution is -2.03. The van der Waals surface area contributed by atoms with E-state index in [-0.39, 0.29) is 22.4 Å². The number of alkyl halides is 2. The number of rotatable bonds is 3. The highest BCUT2D eigenvalue weighted by molar-refractivity contribution is 5.90. The first-order valence-electron chi connectivity index (χ1n) is 5.82. The maximum absolute atomic E-state index is 13.1. The van der Waals surface area contributed by atoms with Gasteiger partial charge in [-0.05, 0) is 35.4 Å². The Bertz CT molecular complexity index is 639. The zero-order chi connectivity index (χ0) is 14.7. The van der Waals surface area contributed by atoms with E-state index in [1.165, 1.54) is 31.4 Å². The number of carbonyl (C=O) groups is 1. The maximum atomic E-state index is 13.1. The van der Waals surface area contributed by atoms with E-state index in [0.717, 1.165) is 6.07 Å². The minimum Gasteiger partial charge on any atom is -0.508 e. The number of aromatic hydroxyl groups is 1. The van der Waals surface area contributed by atoms with Crippen LogP contribution in [0.3, 0.4) is 0 Å². The van der Waals surface area contributed by atoms with Gasteiger partial charge in [-0.2, -0.15) is 0 Å². The molecule has 0 unspecified atom stereocenters. The quantitative estimate of drug-likeness (QED) is 0.869. The summed E-state index contributed by atoms with van der Waals surface area (Å²) in [7, 11) is 1.19. The van der Waals surface area contributed by atoms with Crippen molar-refractivity contribution in [2.24, 2.45) is 0 Å². The largest absolute Gasteiger partial charge is 0.508 e. The first kappa shape index (κ1) is 14.0. The van der Waals surface area contributed by atoms with Crippen LogP contribution in [0.4, 0.5) is 8.78 Å². The van der Waals surface area contributed by atoms with Gasteiger partial charge in [0.05, 0.1) is 12.7 Å². The Kier molecular flexibility index (Phi) is 3.98. The Morgan fingerprint density at radius 3 is 2.55 bits per heavy atom. The number of phenolic OH excluding ortho intramolecular Hbond substituents is 1. The molecule has 0 fully saturated rings. The van der Waals surface area contributed by atoms with E-state index >= 15 is 0 Å². The molecular formula is C15H12F2O3. The van der Waals surface area contributed by atoms with Gasteiger partial charge in [-0.1, -0.05) is 18.2 Å². The molecule has 0 saturated carbocycles. The molecule has 3 nitrogen and oxygen atoms in total. The number of ether oxygens (including phenoxy) is 1. The van der Waals surface area contributed by atoms with Crippen molar-refractivity contribution in [1.82, 2.24) is 0 Å². The van der Waals surface area contributed by atoms with Crippen LogP contribution in [0, 0.1) is 0 Å². The van der Waals surface area contributed by atoms with Crippen molar-refractivity contribution in [3.05, 3.63) is 53.6 Å². The van der Waals surface area contributed by atoms with Crippen LogP contribution >= 0.6 is 0 Å². The number of esters is 1. The van der Waals surface area contributed by atoms with E-state index in [2.05, 4.69) is 4.74 Å². The summed E-state index contributed by atoms with van der Waals surface area (Å²) in [6, 6.07) is 9.95. The first-order chi connectivity index (χ1) is 9.52. The first-order valence-corrected chi connectivity index (χ1v) is 5.82. The summed E-state index contributed by atoms with van der Waals surface area (Å²) in [5.41, 5.74) is 0.505. The van der Waals surface area contributed by atoms with Crippen LogP contribution in [0.25, 0.3) is 11.1 Å². The Morgan fingerprint density at radius 1 is 1.20 bits per heavy atom. The predicted octanol–water partition coefficient (Wildman–Crippen LogP) is 3.78. The second kappa shape index (κ2) is 5.69. The Morgan fingerprint density at radius 2 is 1.95 bits per heavy atom. The number of carbonyl (C=O) groups excluding carboxylic acids is 1. The summed E-state index contributed by atoms with van der Waals surface area (Å²) >= 11 is 0. The van der Waals surface area contributed by atoms with Gasteiger partial charge >= 0.3 is 5.97 Å². The second-order valence-electron chi connectivity index (χ2n) is 4.14. The third kappa shape index (κ3) is 2.77. The maximum Gasteiger partial charge on any atom is 0.337 e. The molecule has 0 atom stereocenters. The third-order valence-electron chi connectivity index (χ3n) is 2.86. The van der Waals surface area contributed by atoms with Gasteiger partial charge in [0.1, 0.15) is 5.75 Å². The molecular weight excluding hydrogens is 266 g/mol. The average molecular weight is 278 g/mol. The van der Waals surface area contributed by atoms with Crippen molar-refractivity contribution in [2.75, 3.05) is 7.11 Å². The molecule has 0 aromatic heterocycles. The van der Waals surface area contributed by atoms with Crippen LogP contribution in [0.5, 0.6) is 5.75 Å². The molecule has 2 rings (SSSR count). The summed E-state index contributed by atoms with van der Waals surface area (Å²) < 4.78 is 30.8. The molecule has 20 heavy (non-hydrogen) atoms. The molecule has 0 heterocycles. The molecule has 0 spiro atoms. The molecule has 0 amide bonds. The van der Waals surface area contributed by atoms with Crippen molar-refractivity contribution in [2.45, 2.75) is 6.43 Å². The van der Waals surface area contributed by atoms with Crippen LogP contribution in [-0.4, -0.2) is 18.2 Å². The van der Waals surface area contributed by atoms with E-state index < -0.39 is 12.4 Å². The smallest absolute Gasteiger partial charge is 0.337 e. The minimum absolute atomic E-state index is 0.0141. The van der Waals surface area contributed by atoms with E-state index in [4.69, 9.17) is 0 Å². The standard InChI is InChI=1S/C15H12F2O3/c1-20-15(19)10-5-6-12(13(8-10)14(16)17)9-3-2-4-11(18)7-9/h2-8,14,18H,1H3. The van der Waals surface area contributed by atoms with Gasteiger partial charge < -0.3 is 9.84 Å². The summed E-state index contributed by atoms with van der Waals surface area (Å²) in [5, 5.41) is 9.42. The van der Waals surface area contributed by atoms with Crippen molar-refractivity contribution in [3.63, 3.8) is 0 Å². The van der Waals surface area contributed by atoms with E-state index in [1.54, 1.807) is 12.1 Å². The fraction of sp³-hybridized carbons (Fsp3) is 0.133. The zero-order valence-corrected chi connectivity index (χ0v) is 10.6. The van der Waals surface area contributed by atoms with Crippen LogP contribution in [0.2, 0.25) is 0 Å². The van der Waals surface area contributed by atoms with E-state index in [0.29, 0.717) is 5.56 Å². The molecule has 0 aliphatic heterocycles. The number of hydrogen-bond donors (Lipinski definition) is 1. The molecule has 104 valence electrons. The monoisotopic (exact) mass is 278 g/mol. The van der Waals surface area contributed by atoms with Crippen molar-refractivity contribution >= 4 is 5.97 Å². The van der Waals surface area contributed by atoms with Gasteiger partial charge in [0.2, 0.25) is 0 Å². The number of methoxy groups -OCH3 is 1. The van der Waals surface area contributed by atoms with Crippen molar-refractivity contribution < 1.29 is 23.4 Å². The van der Waals surface area contributed by atoms with E-state index in [9.17, 15) is 18.7 Å². The molecule has 0 radical (unpaired) electrons. The number of halogens is 2. The minimum atomic E-state index is -2.74. The highest BCUT2D eigenvalue weighted by Crippen LogP contribution is 2.33. The molecule has 2 aromatic rings. The SMILES string of the molecule is COC(=O)c1ccc(-c2cccc(O)c2)c(C(F)F)c1. The fourth-order valence-electron chi connectivity index (χ4n) is 1.92. The molecule has 0 saturated heterocycles. The number of phenols is 1. The molecule has 0 aliphatic carbocycles. The normalized spacial score (nSPS) is 10.6. The lowest BCUT2D eigenvalue weighted by molar-refractivity contribution is 0.0600. The molecule has 1 N–H and O–H groups in total. The highest BCUT2D eigenvalue weighted by Gasteiger charge is 2.17. The van der Waals surface area contributed by atoms with Crippen LogP contribution < -0.4 is 0 Å². The van der Waals surface area contributed by atoms with Crippen LogP contribution in [0.15, 0.2) is 42.5 Å². The zero-order valence-electron chi connectivity index (χ0n) is 10.6. The molecule has 5 heteroatoms. The number of benzene rings is 2. The fourth-order valence-corrected chi connectivity index (χ4v) is 1.92. The second-order valence-corrected chi connectivity index (χ2v) is 4.14. The van der Waals surface area contributed by atoms with Gasteiger partial charge in [0, 0.05) is 5.56 Å². The highest BCUT2D eigenvalue weighted by atomic mass is 19.3. The lowest BCUT2D eigenvalue weighted by Gasteiger charge is -2.11. The van der Waals surface area contributed by atoms with Crippen LogP contribution in [-0.2, 0) is 4.74 Å². The predicted molar refractivity (Wildman–Crippen MR) is 69.8 cm³/mol. The lowest BCUT2D eigenvalue weighted by atomic mass is 9.97. The van der Waals surface area contributed by atoms with E-state index in [1.807, 2.05) is 0 Å².